The van der Waals surface area contributed by atoms with Gasteiger partial charge in [0.2, 0.25) is 0 Å². The van der Waals surface area contributed by atoms with Crippen molar-refractivity contribution in [3.05, 3.63) is 29.6 Å². The summed E-state index contributed by atoms with van der Waals surface area (Å²) < 4.78 is 0. The molecule has 1 aromatic rings. The highest BCUT2D eigenvalue weighted by Crippen LogP contribution is 2.20. The Bertz CT molecular complexity index is 297. The van der Waals surface area contributed by atoms with Crippen molar-refractivity contribution >= 4 is 0 Å². The molecule has 0 spiro atoms. The second-order valence-electron chi connectivity index (χ2n) is 4.54. The fraction of sp³-hybridized carbons (Fsp3) is 0.643. The summed E-state index contributed by atoms with van der Waals surface area (Å²) >= 11 is 0. The number of aromatic nitrogens is 1. The SMILES string of the molecule is CCCCCCCC(N)c1ccncc1C. The van der Waals surface area contributed by atoms with Crippen LogP contribution in [-0.4, -0.2) is 4.98 Å². The molecule has 0 amide bonds. The maximum absolute atomic E-state index is 6.18. The first-order valence-corrected chi connectivity index (χ1v) is 6.41. The summed E-state index contributed by atoms with van der Waals surface area (Å²) in [7, 11) is 0. The average molecular weight is 220 g/mol. The molecule has 0 fully saturated rings. The number of unbranched alkanes of at least 4 members (excludes halogenated alkanes) is 4. The Hall–Kier alpha value is -0.890. The highest BCUT2D eigenvalue weighted by molar-refractivity contribution is 5.24. The maximum atomic E-state index is 6.18. The molecule has 0 aliphatic carbocycles. The summed E-state index contributed by atoms with van der Waals surface area (Å²) in [4.78, 5) is 4.09. The van der Waals surface area contributed by atoms with Gasteiger partial charge in [-0.15, -0.1) is 0 Å². The van der Waals surface area contributed by atoms with Crippen LogP contribution in [0.1, 0.15) is 62.6 Å². The third-order valence-electron chi connectivity index (χ3n) is 3.08. The van der Waals surface area contributed by atoms with Gasteiger partial charge in [-0.25, -0.2) is 0 Å². The van der Waals surface area contributed by atoms with Crippen molar-refractivity contribution in [2.45, 2.75) is 58.4 Å². The molecule has 2 heteroatoms. The number of rotatable bonds is 7. The van der Waals surface area contributed by atoms with Gasteiger partial charge in [0.1, 0.15) is 0 Å². The van der Waals surface area contributed by atoms with Crippen molar-refractivity contribution in [2.75, 3.05) is 0 Å². The van der Waals surface area contributed by atoms with Crippen molar-refractivity contribution in [2.24, 2.45) is 5.73 Å². The lowest BCUT2D eigenvalue weighted by Gasteiger charge is -2.13. The van der Waals surface area contributed by atoms with Gasteiger partial charge in [0.25, 0.3) is 0 Å². The normalized spacial score (nSPS) is 12.7. The summed E-state index contributed by atoms with van der Waals surface area (Å²) in [6.07, 6.45) is 11.4. The molecule has 0 saturated heterocycles. The van der Waals surface area contributed by atoms with Gasteiger partial charge in [-0.1, -0.05) is 39.0 Å². The van der Waals surface area contributed by atoms with E-state index in [9.17, 15) is 0 Å². The summed E-state index contributed by atoms with van der Waals surface area (Å²) in [6, 6.07) is 2.23. The molecule has 1 heterocycles. The molecular formula is C14H24N2. The molecule has 1 rings (SSSR count). The van der Waals surface area contributed by atoms with Gasteiger partial charge in [-0.3, -0.25) is 4.98 Å². The molecule has 90 valence electrons. The zero-order valence-electron chi connectivity index (χ0n) is 10.6. The number of nitrogens with zero attached hydrogens (tertiary/aromatic N) is 1. The molecule has 2 nitrogen and oxygen atoms in total. The Balaban J connectivity index is 2.30. The summed E-state index contributed by atoms with van der Waals surface area (Å²) in [5.74, 6) is 0. The Labute approximate surface area is 99.3 Å². The third kappa shape index (κ3) is 4.31. The van der Waals surface area contributed by atoms with Gasteiger partial charge in [-0.05, 0) is 30.5 Å². The van der Waals surface area contributed by atoms with Crippen LogP contribution in [0.5, 0.6) is 0 Å². The third-order valence-corrected chi connectivity index (χ3v) is 3.08. The first-order valence-electron chi connectivity index (χ1n) is 6.41. The van der Waals surface area contributed by atoms with Crippen LogP contribution in [0.2, 0.25) is 0 Å². The van der Waals surface area contributed by atoms with E-state index in [4.69, 9.17) is 5.73 Å². The van der Waals surface area contributed by atoms with Crippen LogP contribution in [0.4, 0.5) is 0 Å². The zero-order valence-corrected chi connectivity index (χ0v) is 10.6. The van der Waals surface area contributed by atoms with E-state index in [0.29, 0.717) is 0 Å². The standard InChI is InChI=1S/C14H24N2/c1-3-4-5-6-7-8-14(15)13-9-10-16-11-12(13)2/h9-11,14H,3-8,15H2,1-2H3. The van der Waals surface area contributed by atoms with Gasteiger partial charge < -0.3 is 5.73 Å². The van der Waals surface area contributed by atoms with Crippen LogP contribution in [0.25, 0.3) is 0 Å². The topological polar surface area (TPSA) is 38.9 Å². The van der Waals surface area contributed by atoms with Crippen molar-refractivity contribution in [1.29, 1.82) is 0 Å². The van der Waals surface area contributed by atoms with Crippen molar-refractivity contribution in [3.63, 3.8) is 0 Å². The monoisotopic (exact) mass is 220 g/mol. The van der Waals surface area contributed by atoms with E-state index in [-0.39, 0.29) is 6.04 Å². The molecule has 0 saturated carbocycles. The van der Waals surface area contributed by atoms with Crippen LogP contribution >= 0.6 is 0 Å². The number of pyridine rings is 1. The maximum Gasteiger partial charge on any atom is 0.0300 e. The van der Waals surface area contributed by atoms with Gasteiger partial charge >= 0.3 is 0 Å². The molecular weight excluding hydrogens is 196 g/mol. The van der Waals surface area contributed by atoms with Crippen LogP contribution in [-0.2, 0) is 0 Å². The number of hydrogen-bond acceptors (Lipinski definition) is 2. The molecule has 0 radical (unpaired) electrons. The fourth-order valence-corrected chi connectivity index (χ4v) is 2.02. The molecule has 0 aromatic carbocycles. The number of hydrogen-bond donors (Lipinski definition) is 1. The largest absolute Gasteiger partial charge is 0.324 e. The second-order valence-corrected chi connectivity index (χ2v) is 4.54. The molecule has 1 aromatic heterocycles. The van der Waals surface area contributed by atoms with E-state index in [1.54, 1.807) is 0 Å². The highest BCUT2D eigenvalue weighted by Gasteiger charge is 2.07. The van der Waals surface area contributed by atoms with Crippen LogP contribution in [0.15, 0.2) is 18.5 Å². The van der Waals surface area contributed by atoms with Crippen LogP contribution in [0.3, 0.4) is 0 Å². The van der Waals surface area contributed by atoms with Crippen LogP contribution < -0.4 is 5.73 Å². The molecule has 0 bridgehead atoms. The Morgan fingerprint density at radius 3 is 2.69 bits per heavy atom. The van der Waals surface area contributed by atoms with E-state index in [1.165, 1.54) is 43.2 Å². The van der Waals surface area contributed by atoms with Crippen molar-refractivity contribution in [1.82, 2.24) is 4.98 Å². The van der Waals surface area contributed by atoms with Crippen molar-refractivity contribution < 1.29 is 0 Å². The highest BCUT2D eigenvalue weighted by atomic mass is 14.7. The van der Waals surface area contributed by atoms with E-state index >= 15 is 0 Å². The minimum atomic E-state index is 0.185. The lowest BCUT2D eigenvalue weighted by molar-refractivity contribution is 0.553. The first kappa shape index (κ1) is 13.2. The lowest BCUT2D eigenvalue weighted by atomic mass is 9.98. The summed E-state index contributed by atoms with van der Waals surface area (Å²) in [5.41, 5.74) is 8.65. The molecule has 1 unspecified atom stereocenters. The molecule has 2 N–H and O–H groups in total. The summed E-state index contributed by atoms with van der Waals surface area (Å²) in [5, 5.41) is 0. The van der Waals surface area contributed by atoms with Crippen molar-refractivity contribution in [3.8, 4) is 0 Å². The van der Waals surface area contributed by atoms with E-state index in [0.717, 1.165) is 6.42 Å². The lowest BCUT2D eigenvalue weighted by Crippen LogP contribution is -2.11. The average Bonchev–Trinajstić information content (AvgIpc) is 2.29. The number of nitrogens with two attached hydrogens (primary N) is 1. The minimum absolute atomic E-state index is 0.185. The zero-order chi connectivity index (χ0) is 11.8. The van der Waals surface area contributed by atoms with E-state index in [1.807, 2.05) is 18.5 Å². The minimum Gasteiger partial charge on any atom is -0.324 e. The molecule has 16 heavy (non-hydrogen) atoms. The predicted octanol–water partition coefficient (Wildman–Crippen LogP) is 3.75. The quantitative estimate of drug-likeness (QED) is 0.711. The smallest absolute Gasteiger partial charge is 0.0300 e. The van der Waals surface area contributed by atoms with Crippen LogP contribution in [0, 0.1) is 6.92 Å². The van der Waals surface area contributed by atoms with Gasteiger partial charge in [0.15, 0.2) is 0 Å². The Kier molecular flexibility index (Phi) is 6.09. The van der Waals surface area contributed by atoms with Gasteiger partial charge in [-0.2, -0.15) is 0 Å². The fourth-order valence-electron chi connectivity index (χ4n) is 2.02. The Morgan fingerprint density at radius 2 is 2.00 bits per heavy atom. The van der Waals surface area contributed by atoms with E-state index < -0.39 is 0 Å². The van der Waals surface area contributed by atoms with Gasteiger partial charge in [0.05, 0.1) is 0 Å². The Morgan fingerprint density at radius 1 is 1.25 bits per heavy atom. The number of aryl methyl sites for hydroxylation is 1. The predicted molar refractivity (Wildman–Crippen MR) is 69.3 cm³/mol. The summed E-state index contributed by atoms with van der Waals surface area (Å²) in [6.45, 7) is 4.32. The molecule has 0 aliphatic heterocycles. The molecule has 0 aliphatic rings. The van der Waals surface area contributed by atoms with Gasteiger partial charge in [0, 0.05) is 18.4 Å². The second kappa shape index (κ2) is 7.39. The van der Waals surface area contributed by atoms with E-state index in [2.05, 4.69) is 18.8 Å². The first-order chi connectivity index (χ1) is 7.75. The molecule has 1 atom stereocenters.